The van der Waals surface area contributed by atoms with Crippen LogP contribution in [0.4, 0.5) is 0 Å². The molecule has 2 saturated heterocycles. The van der Waals surface area contributed by atoms with Crippen molar-refractivity contribution in [1.29, 1.82) is 0 Å². The highest BCUT2D eigenvalue weighted by atomic mass is 16.5. The van der Waals surface area contributed by atoms with Gasteiger partial charge >= 0.3 is 0 Å². The minimum absolute atomic E-state index is 0.120. The summed E-state index contributed by atoms with van der Waals surface area (Å²) in [4.78, 5) is 11.7. The third-order valence-corrected chi connectivity index (χ3v) is 3.06. The van der Waals surface area contributed by atoms with E-state index in [0.717, 1.165) is 25.9 Å². The van der Waals surface area contributed by atoms with E-state index in [-0.39, 0.29) is 11.5 Å². The lowest BCUT2D eigenvalue weighted by Crippen LogP contribution is -2.42. The van der Waals surface area contributed by atoms with Crippen LogP contribution in [0, 0.1) is 5.41 Å². The third kappa shape index (κ3) is 1.08. The summed E-state index contributed by atoms with van der Waals surface area (Å²) in [7, 11) is 0. The Kier molecular flexibility index (Phi) is 1.93. The molecule has 2 aliphatic rings. The van der Waals surface area contributed by atoms with Crippen LogP contribution in [0.25, 0.3) is 0 Å². The van der Waals surface area contributed by atoms with Crippen LogP contribution in [0.15, 0.2) is 0 Å². The van der Waals surface area contributed by atoms with E-state index in [2.05, 4.69) is 5.32 Å². The maximum atomic E-state index is 11.7. The lowest BCUT2D eigenvalue weighted by Gasteiger charge is -2.30. The van der Waals surface area contributed by atoms with Gasteiger partial charge in [-0.3, -0.25) is 4.79 Å². The molecule has 2 aliphatic heterocycles. The summed E-state index contributed by atoms with van der Waals surface area (Å²) in [5, 5.41) is 3.26. The summed E-state index contributed by atoms with van der Waals surface area (Å²) in [6.45, 7) is 4.43. The van der Waals surface area contributed by atoms with Gasteiger partial charge in [-0.15, -0.1) is 0 Å². The number of nitrogens with one attached hydrogen (secondary N) is 1. The number of rotatable bonds is 0. The van der Waals surface area contributed by atoms with Crippen molar-refractivity contribution in [3.63, 3.8) is 0 Å². The second kappa shape index (κ2) is 2.82. The van der Waals surface area contributed by atoms with Gasteiger partial charge in [-0.25, -0.2) is 0 Å². The van der Waals surface area contributed by atoms with Gasteiger partial charge in [0.05, 0.1) is 12.0 Å². The number of ketones is 1. The van der Waals surface area contributed by atoms with Gasteiger partial charge < -0.3 is 10.1 Å². The molecule has 0 bridgehead atoms. The Balaban J connectivity index is 2.14. The minimum atomic E-state index is -0.164. The Labute approximate surface area is 72.5 Å². The molecule has 0 aromatic rings. The van der Waals surface area contributed by atoms with Crippen molar-refractivity contribution in [1.82, 2.24) is 5.32 Å². The minimum Gasteiger partial charge on any atom is -0.370 e. The predicted molar refractivity (Wildman–Crippen MR) is 45.0 cm³/mol. The van der Waals surface area contributed by atoms with Crippen LogP contribution < -0.4 is 5.32 Å². The molecule has 0 radical (unpaired) electrons. The summed E-state index contributed by atoms with van der Waals surface area (Å²) in [5.74, 6) is 0.323. The van der Waals surface area contributed by atoms with Crippen molar-refractivity contribution < 1.29 is 9.53 Å². The first-order chi connectivity index (χ1) is 5.75. The number of hydrogen-bond acceptors (Lipinski definition) is 3. The predicted octanol–water partition coefficient (Wildman–Crippen LogP) is 0.344. The van der Waals surface area contributed by atoms with Crippen molar-refractivity contribution in [2.24, 2.45) is 5.41 Å². The van der Waals surface area contributed by atoms with E-state index < -0.39 is 0 Å². The highest BCUT2D eigenvalue weighted by Crippen LogP contribution is 2.36. The molecule has 0 aliphatic carbocycles. The third-order valence-electron chi connectivity index (χ3n) is 3.06. The first-order valence-electron chi connectivity index (χ1n) is 4.61. The largest absolute Gasteiger partial charge is 0.370 e. The average molecular weight is 169 g/mol. The molecule has 2 fully saturated rings. The highest BCUT2D eigenvalue weighted by Gasteiger charge is 2.47. The van der Waals surface area contributed by atoms with Crippen LogP contribution >= 0.6 is 0 Å². The Bertz CT molecular complexity index is 191. The van der Waals surface area contributed by atoms with Gasteiger partial charge in [-0.1, -0.05) is 0 Å². The number of hydrogen-bond donors (Lipinski definition) is 1. The molecule has 1 atom stereocenters. The fourth-order valence-corrected chi connectivity index (χ4v) is 2.16. The summed E-state index contributed by atoms with van der Waals surface area (Å²) in [5.41, 5.74) is -0.120. The number of ether oxygens (including phenoxy) is 1. The molecular formula is C9H15NO2. The van der Waals surface area contributed by atoms with Gasteiger partial charge in [0.1, 0.15) is 6.10 Å². The molecule has 68 valence electrons. The first kappa shape index (κ1) is 8.20. The summed E-state index contributed by atoms with van der Waals surface area (Å²) >= 11 is 0. The standard InChI is InChI=1S/C9H15NO2/c1-7-8(11)9(6-12-7)2-4-10-5-3-9/h7,10H,2-6H2,1H3. The number of piperidine rings is 1. The van der Waals surface area contributed by atoms with Gasteiger partial charge in [0.15, 0.2) is 5.78 Å². The molecule has 0 aromatic heterocycles. The number of Topliss-reactive ketones (excluding diaryl/α,β-unsaturated/α-hetero) is 1. The average Bonchev–Trinajstić information content (AvgIpc) is 2.37. The van der Waals surface area contributed by atoms with Crippen molar-refractivity contribution in [2.45, 2.75) is 25.9 Å². The molecule has 2 rings (SSSR count). The van der Waals surface area contributed by atoms with Crippen LogP contribution in [0.3, 0.4) is 0 Å². The molecule has 1 spiro atoms. The fraction of sp³-hybridized carbons (Fsp3) is 0.889. The highest BCUT2D eigenvalue weighted by molar-refractivity contribution is 5.90. The van der Waals surface area contributed by atoms with E-state index in [9.17, 15) is 4.79 Å². The van der Waals surface area contributed by atoms with Crippen LogP contribution in [0.1, 0.15) is 19.8 Å². The lowest BCUT2D eigenvalue weighted by molar-refractivity contribution is -0.128. The van der Waals surface area contributed by atoms with E-state index in [1.54, 1.807) is 0 Å². The quantitative estimate of drug-likeness (QED) is 0.568. The Morgan fingerprint density at radius 1 is 1.50 bits per heavy atom. The molecule has 12 heavy (non-hydrogen) atoms. The van der Waals surface area contributed by atoms with Crippen molar-refractivity contribution in [3.05, 3.63) is 0 Å². The topological polar surface area (TPSA) is 38.3 Å². The zero-order chi connectivity index (χ0) is 8.60. The van der Waals surface area contributed by atoms with Crippen LogP contribution in [-0.2, 0) is 9.53 Å². The maximum absolute atomic E-state index is 11.7. The monoisotopic (exact) mass is 169 g/mol. The molecule has 1 unspecified atom stereocenters. The van der Waals surface area contributed by atoms with E-state index in [0.29, 0.717) is 12.4 Å². The smallest absolute Gasteiger partial charge is 0.169 e. The second-order valence-electron chi connectivity index (χ2n) is 3.85. The SMILES string of the molecule is CC1OCC2(CCNCC2)C1=O. The fourth-order valence-electron chi connectivity index (χ4n) is 2.16. The van der Waals surface area contributed by atoms with Crippen molar-refractivity contribution in [3.8, 4) is 0 Å². The summed E-state index contributed by atoms with van der Waals surface area (Å²) in [6.07, 6.45) is 1.75. The zero-order valence-electron chi connectivity index (χ0n) is 7.43. The Morgan fingerprint density at radius 3 is 2.67 bits per heavy atom. The number of carbonyl (C=O) groups excluding carboxylic acids is 1. The van der Waals surface area contributed by atoms with Gasteiger partial charge in [0.2, 0.25) is 0 Å². The Morgan fingerprint density at radius 2 is 2.17 bits per heavy atom. The van der Waals surface area contributed by atoms with Gasteiger partial charge in [0.25, 0.3) is 0 Å². The van der Waals surface area contributed by atoms with Gasteiger partial charge in [-0.05, 0) is 32.9 Å². The van der Waals surface area contributed by atoms with Crippen LogP contribution in [0.2, 0.25) is 0 Å². The van der Waals surface area contributed by atoms with Crippen molar-refractivity contribution in [2.75, 3.05) is 19.7 Å². The molecule has 3 nitrogen and oxygen atoms in total. The van der Waals surface area contributed by atoms with E-state index in [1.165, 1.54) is 0 Å². The molecule has 0 amide bonds. The first-order valence-corrected chi connectivity index (χ1v) is 4.61. The molecule has 0 aromatic carbocycles. The maximum Gasteiger partial charge on any atom is 0.169 e. The molecule has 0 saturated carbocycles. The van der Waals surface area contributed by atoms with Crippen molar-refractivity contribution >= 4 is 5.78 Å². The summed E-state index contributed by atoms with van der Waals surface area (Å²) < 4.78 is 5.38. The zero-order valence-corrected chi connectivity index (χ0v) is 7.43. The van der Waals surface area contributed by atoms with Gasteiger partial charge in [-0.2, -0.15) is 0 Å². The molecular weight excluding hydrogens is 154 g/mol. The summed E-state index contributed by atoms with van der Waals surface area (Å²) in [6, 6.07) is 0. The molecule has 3 heteroatoms. The normalized spacial score (nSPS) is 34.4. The lowest BCUT2D eigenvalue weighted by atomic mass is 9.76. The van der Waals surface area contributed by atoms with Crippen LogP contribution in [-0.4, -0.2) is 31.6 Å². The van der Waals surface area contributed by atoms with E-state index >= 15 is 0 Å². The molecule has 2 heterocycles. The Hall–Kier alpha value is -0.410. The van der Waals surface area contributed by atoms with Crippen LogP contribution in [0.5, 0.6) is 0 Å². The second-order valence-corrected chi connectivity index (χ2v) is 3.85. The van der Waals surface area contributed by atoms with Gasteiger partial charge in [0, 0.05) is 0 Å². The van der Waals surface area contributed by atoms with E-state index in [4.69, 9.17) is 4.74 Å². The number of carbonyl (C=O) groups is 1. The molecule has 1 N–H and O–H groups in total. The van der Waals surface area contributed by atoms with E-state index in [1.807, 2.05) is 6.92 Å².